The Morgan fingerprint density at radius 1 is 1.03 bits per heavy atom. The van der Waals surface area contributed by atoms with Crippen LogP contribution in [-0.2, 0) is 19.0 Å². The summed E-state index contributed by atoms with van der Waals surface area (Å²) >= 11 is 0. The van der Waals surface area contributed by atoms with Gasteiger partial charge < -0.3 is 19.1 Å². The average molecular weight is 459 g/mol. The molecule has 33 heavy (non-hydrogen) atoms. The Labute approximate surface area is 194 Å². The van der Waals surface area contributed by atoms with Crippen molar-refractivity contribution in [3.05, 3.63) is 36.0 Å². The summed E-state index contributed by atoms with van der Waals surface area (Å²) in [6.07, 6.45) is 4.04. The van der Waals surface area contributed by atoms with E-state index < -0.39 is 17.6 Å². The fraction of sp³-hybridized carbons (Fsp3) is 0.560. The van der Waals surface area contributed by atoms with E-state index in [1.807, 2.05) is 45.0 Å². The highest BCUT2D eigenvalue weighted by Crippen LogP contribution is 2.34. The van der Waals surface area contributed by atoms with Gasteiger partial charge in [0.15, 0.2) is 0 Å². The van der Waals surface area contributed by atoms with Crippen LogP contribution in [0.5, 0.6) is 0 Å². The van der Waals surface area contributed by atoms with Crippen molar-refractivity contribution in [3.63, 3.8) is 0 Å². The third-order valence-electron chi connectivity index (χ3n) is 6.11. The Morgan fingerprint density at radius 3 is 2.30 bits per heavy atom. The van der Waals surface area contributed by atoms with E-state index >= 15 is 0 Å². The Balaban J connectivity index is 1.71. The number of carbonyl (C=O) groups is 3. The molecule has 1 fully saturated rings. The fourth-order valence-electron chi connectivity index (χ4n) is 4.41. The molecular weight excluding hydrogens is 424 g/mol. The molecule has 0 spiro atoms. The van der Waals surface area contributed by atoms with E-state index in [9.17, 15) is 14.4 Å². The molecule has 1 aromatic heterocycles. The molecule has 0 radical (unpaired) electrons. The molecule has 8 heteroatoms. The Bertz CT molecular complexity index is 998. The quantitative estimate of drug-likeness (QED) is 0.466. The van der Waals surface area contributed by atoms with Crippen LogP contribution in [-0.4, -0.2) is 60.5 Å². The number of methoxy groups -OCH3 is 2. The van der Waals surface area contributed by atoms with Gasteiger partial charge in [0.05, 0.1) is 25.7 Å². The number of likely N-dealkylation sites (tertiary alicyclic amines) is 1. The van der Waals surface area contributed by atoms with E-state index in [0.717, 1.165) is 30.2 Å². The van der Waals surface area contributed by atoms with Crippen LogP contribution < -0.4 is 0 Å². The summed E-state index contributed by atoms with van der Waals surface area (Å²) in [5.74, 6) is -0.423. The van der Waals surface area contributed by atoms with Crippen molar-refractivity contribution >= 4 is 29.1 Å². The summed E-state index contributed by atoms with van der Waals surface area (Å²) in [6, 6.07) is 7.46. The molecule has 2 aromatic rings. The van der Waals surface area contributed by atoms with E-state index in [4.69, 9.17) is 14.2 Å². The number of nitrogens with zero attached hydrogens (tertiary/aromatic N) is 2. The van der Waals surface area contributed by atoms with Gasteiger partial charge in [-0.15, -0.1) is 0 Å². The lowest BCUT2D eigenvalue weighted by Gasteiger charge is -2.33. The SMILES string of the molecule is COC(=O)C(CCC1CCN(C(=O)OC(C)(C)C)CC1)c1cn(C(=O)OC)c2ccccc12. The molecule has 1 aromatic carbocycles. The van der Waals surface area contributed by atoms with Crippen molar-refractivity contribution in [2.75, 3.05) is 27.3 Å². The number of aromatic nitrogens is 1. The van der Waals surface area contributed by atoms with Gasteiger partial charge in [-0.2, -0.15) is 0 Å². The standard InChI is InChI=1S/C25H34N2O6/c1-25(2,3)33-23(29)26-14-12-17(13-15-26)10-11-19(22(28)31-4)20-16-27(24(30)32-5)21-9-7-6-8-18(20)21/h6-9,16-17,19H,10-15H2,1-5H3. The van der Waals surface area contributed by atoms with E-state index in [2.05, 4.69) is 0 Å². The van der Waals surface area contributed by atoms with Crippen molar-refractivity contribution in [1.82, 2.24) is 9.47 Å². The summed E-state index contributed by atoms with van der Waals surface area (Å²) in [4.78, 5) is 39.1. The van der Waals surface area contributed by atoms with Crippen molar-refractivity contribution in [3.8, 4) is 0 Å². The zero-order chi connectivity index (χ0) is 24.2. The van der Waals surface area contributed by atoms with Crippen LogP contribution in [0, 0.1) is 5.92 Å². The van der Waals surface area contributed by atoms with E-state index in [-0.39, 0.29) is 12.1 Å². The van der Waals surface area contributed by atoms with Gasteiger partial charge in [0, 0.05) is 24.7 Å². The Kier molecular flexibility index (Phi) is 7.66. The number of para-hydroxylation sites is 1. The summed E-state index contributed by atoms with van der Waals surface area (Å²) in [5, 5.41) is 0.832. The summed E-state index contributed by atoms with van der Waals surface area (Å²) in [6.45, 7) is 6.87. The molecule has 3 rings (SSSR count). The van der Waals surface area contributed by atoms with Crippen molar-refractivity contribution in [2.45, 2.75) is 58.0 Å². The first-order valence-corrected chi connectivity index (χ1v) is 11.4. The fourth-order valence-corrected chi connectivity index (χ4v) is 4.41. The highest BCUT2D eigenvalue weighted by Gasteiger charge is 2.30. The van der Waals surface area contributed by atoms with Gasteiger partial charge in [-0.05, 0) is 64.0 Å². The molecular formula is C25H34N2O6. The molecule has 1 aliphatic heterocycles. The van der Waals surface area contributed by atoms with Crippen LogP contribution in [0.4, 0.5) is 9.59 Å². The van der Waals surface area contributed by atoms with Crippen LogP contribution in [0.3, 0.4) is 0 Å². The number of rotatable bonds is 5. The van der Waals surface area contributed by atoms with Crippen LogP contribution >= 0.6 is 0 Å². The molecule has 1 atom stereocenters. The predicted molar refractivity (Wildman–Crippen MR) is 124 cm³/mol. The minimum Gasteiger partial charge on any atom is -0.469 e. The number of hydrogen-bond donors (Lipinski definition) is 0. The first kappa shape index (κ1) is 24.6. The lowest BCUT2D eigenvalue weighted by atomic mass is 9.86. The third-order valence-corrected chi connectivity index (χ3v) is 6.11. The van der Waals surface area contributed by atoms with Gasteiger partial charge in [-0.1, -0.05) is 18.2 Å². The monoisotopic (exact) mass is 458 g/mol. The molecule has 180 valence electrons. The number of hydrogen-bond acceptors (Lipinski definition) is 6. The molecule has 1 amide bonds. The number of carbonyl (C=O) groups excluding carboxylic acids is 3. The number of amides is 1. The Morgan fingerprint density at radius 2 is 1.70 bits per heavy atom. The molecule has 0 saturated carbocycles. The maximum Gasteiger partial charge on any atom is 0.418 e. The first-order valence-electron chi connectivity index (χ1n) is 11.4. The largest absolute Gasteiger partial charge is 0.469 e. The van der Waals surface area contributed by atoms with Crippen LogP contribution in [0.15, 0.2) is 30.5 Å². The summed E-state index contributed by atoms with van der Waals surface area (Å²) in [5.41, 5.74) is 0.943. The second-order valence-corrected chi connectivity index (χ2v) is 9.51. The number of benzene rings is 1. The summed E-state index contributed by atoms with van der Waals surface area (Å²) < 4.78 is 16.9. The van der Waals surface area contributed by atoms with E-state index in [0.29, 0.717) is 30.9 Å². The van der Waals surface area contributed by atoms with Gasteiger partial charge in [0.1, 0.15) is 5.60 Å². The summed E-state index contributed by atoms with van der Waals surface area (Å²) in [7, 11) is 2.71. The molecule has 8 nitrogen and oxygen atoms in total. The molecule has 1 aliphatic rings. The van der Waals surface area contributed by atoms with Gasteiger partial charge in [-0.3, -0.25) is 9.36 Å². The van der Waals surface area contributed by atoms with Crippen LogP contribution in [0.25, 0.3) is 10.9 Å². The second-order valence-electron chi connectivity index (χ2n) is 9.51. The predicted octanol–water partition coefficient (Wildman–Crippen LogP) is 4.94. The van der Waals surface area contributed by atoms with E-state index in [1.165, 1.54) is 18.8 Å². The number of fused-ring (bicyclic) bond motifs is 1. The zero-order valence-electron chi connectivity index (χ0n) is 20.1. The molecule has 0 bridgehead atoms. The zero-order valence-corrected chi connectivity index (χ0v) is 20.1. The number of ether oxygens (including phenoxy) is 3. The second kappa shape index (κ2) is 10.3. The van der Waals surface area contributed by atoms with Gasteiger partial charge in [0.2, 0.25) is 0 Å². The molecule has 1 saturated heterocycles. The normalized spacial score (nSPS) is 15.8. The highest BCUT2D eigenvalue weighted by atomic mass is 16.6. The number of esters is 1. The lowest BCUT2D eigenvalue weighted by Crippen LogP contribution is -2.41. The minimum absolute atomic E-state index is 0.274. The maximum absolute atomic E-state index is 12.7. The van der Waals surface area contributed by atoms with Crippen LogP contribution in [0.2, 0.25) is 0 Å². The topological polar surface area (TPSA) is 87.1 Å². The van der Waals surface area contributed by atoms with Gasteiger partial charge in [0.25, 0.3) is 0 Å². The van der Waals surface area contributed by atoms with E-state index in [1.54, 1.807) is 11.1 Å². The van der Waals surface area contributed by atoms with Crippen molar-refractivity contribution in [2.24, 2.45) is 5.92 Å². The lowest BCUT2D eigenvalue weighted by molar-refractivity contribution is -0.142. The van der Waals surface area contributed by atoms with Crippen molar-refractivity contribution in [1.29, 1.82) is 0 Å². The van der Waals surface area contributed by atoms with Gasteiger partial charge in [-0.25, -0.2) is 9.59 Å². The average Bonchev–Trinajstić information content (AvgIpc) is 3.17. The molecule has 0 N–H and O–H groups in total. The van der Waals surface area contributed by atoms with Crippen LogP contribution in [0.1, 0.15) is 57.9 Å². The first-order chi connectivity index (χ1) is 15.6. The van der Waals surface area contributed by atoms with Crippen molar-refractivity contribution < 1.29 is 28.6 Å². The molecule has 0 aliphatic carbocycles. The van der Waals surface area contributed by atoms with Gasteiger partial charge >= 0.3 is 18.2 Å². The third kappa shape index (κ3) is 5.86. The Hall–Kier alpha value is -3.03. The minimum atomic E-state index is -0.509. The highest BCUT2D eigenvalue weighted by molar-refractivity contribution is 5.95. The molecule has 1 unspecified atom stereocenters. The number of piperidine rings is 1. The molecule has 2 heterocycles. The smallest absolute Gasteiger partial charge is 0.418 e. The maximum atomic E-state index is 12.7.